The highest BCUT2D eigenvalue weighted by atomic mass is 32.1. The number of alkyl halides is 3. The number of aromatic nitrogens is 1. The Hall–Kier alpha value is -2.59. The van der Waals surface area contributed by atoms with Gasteiger partial charge in [-0.15, -0.1) is 11.3 Å². The molecule has 0 unspecified atom stereocenters. The first-order valence-corrected chi connectivity index (χ1v) is 7.87. The second-order valence-electron chi connectivity index (χ2n) is 5.27. The maximum atomic E-state index is 13.1. The quantitative estimate of drug-likeness (QED) is 0.682. The zero-order valence-electron chi connectivity index (χ0n) is 12.6. The fourth-order valence-corrected chi connectivity index (χ4v) is 3.40. The number of para-hydroxylation sites is 1. The number of hydrogen-bond donors (Lipinski definition) is 0. The third-order valence-electron chi connectivity index (χ3n) is 3.58. The number of nitrogens with zero attached hydrogens (tertiary/aromatic N) is 3. The molecule has 0 aliphatic rings. The number of halogens is 3. The Kier molecular flexibility index (Phi) is 4.16. The van der Waals surface area contributed by atoms with Crippen molar-refractivity contribution in [3.8, 4) is 6.07 Å². The Labute approximate surface area is 140 Å². The zero-order chi connectivity index (χ0) is 17.3. The van der Waals surface area contributed by atoms with E-state index < -0.39 is 11.7 Å². The van der Waals surface area contributed by atoms with E-state index in [0.717, 1.165) is 21.3 Å². The topological polar surface area (TPSA) is 39.9 Å². The molecule has 1 heterocycles. The molecule has 24 heavy (non-hydrogen) atoms. The van der Waals surface area contributed by atoms with E-state index in [4.69, 9.17) is 5.26 Å². The van der Waals surface area contributed by atoms with Gasteiger partial charge in [0, 0.05) is 12.7 Å². The van der Waals surface area contributed by atoms with Gasteiger partial charge < -0.3 is 4.90 Å². The van der Waals surface area contributed by atoms with E-state index in [-0.39, 0.29) is 5.56 Å². The van der Waals surface area contributed by atoms with Crippen LogP contribution in [0.5, 0.6) is 0 Å². The SMILES string of the molecule is CN(Cc1nc2ccccc2s1)c1ccc(C#N)c(C(F)(F)F)c1. The minimum atomic E-state index is -4.56. The molecule has 0 saturated carbocycles. The minimum Gasteiger partial charge on any atom is -0.368 e. The Balaban J connectivity index is 1.89. The van der Waals surface area contributed by atoms with E-state index >= 15 is 0 Å². The summed E-state index contributed by atoms with van der Waals surface area (Å²) in [6.07, 6.45) is -4.56. The summed E-state index contributed by atoms with van der Waals surface area (Å²) < 4.78 is 40.2. The molecule has 0 N–H and O–H groups in total. The number of anilines is 1. The molecule has 0 saturated heterocycles. The van der Waals surface area contributed by atoms with E-state index in [2.05, 4.69) is 4.98 Å². The lowest BCUT2D eigenvalue weighted by Crippen LogP contribution is -2.18. The monoisotopic (exact) mass is 347 g/mol. The summed E-state index contributed by atoms with van der Waals surface area (Å²) in [7, 11) is 1.70. The maximum Gasteiger partial charge on any atom is 0.417 e. The Morgan fingerprint density at radius 2 is 1.96 bits per heavy atom. The molecular weight excluding hydrogens is 335 g/mol. The van der Waals surface area contributed by atoms with Gasteiger partial charge in [0.25, 0.3) is 0 Å². The first kappa shape index (κ1) is 16.3. The van der Waals surface area contributed by atoms with Gasteiger partial charge in [0.2, 0.25) is 0 Å². The first-order chi connectivity index (χ1) is 11.4. The van der Waals surface area contributed by atoms with Crippen LogP contribution in [-0.4, -0.2) is 12.0 Å². The summed E-state index contributed by atoms with van der Waals surface area (Å²) in [5.74, 6) is 0. The van der Waals surface area contributed by atoms with Crippen LogP contribution in [0.3, 0.4) is 0 Å². The molecule has 7 heteroatoms. The molecule has 0 radical (unpaired) electrons. The van der Waals surface area contributed by atoms with Crippen molar-refractivity contribution >= 4 is 27.2 Å². The van der Waals surface area contributed by atoms with Gasteiger partial charge in [-0.2, -0.15) is 18.4 Å². The predicted octanol–water partition coefficient (Wildman–Crippen LogP) is 4.82. The highest BCUT2D eigenvalue weighted by Gasteiger charge is 2.34. The lowest BCUT2D eigenvalue weighted by molar-refractivity contribution is -0.137. The highest BCUT2D eigenvalue weighted by Crippen LogP contribution is 2.34. The number of fused-ring (bicyclic) bond motifs is 1. The number of thiazole rings is 1. The first-order valence-electron chi connectivity index (χ1n) is 7.05. The van der Waals surface area contributed by atoms with E-state index in [1.54, 1.807) is 18.0 Å². The molecule has 2 aromatic carbocycles. The second-order valence-corrected chi connectivity index (χ2v) is 6.39. The summed E-state index contributed by atoms with van der Waals surface area (Å²) in [6.45, 7) is 0.391. The lowest BCUT2D eigenvalue weighted by atomic mass is 10.1. The van der Waals surface area contributed by atoms with Crippen molar-refractivity contribution in [3.63, 3.8) is 0 Å². The third-order valence-corrected chi connectivity index (χ3v) is 4.60. The Bertz CT molecular complexity index is 892. The van der Waals surface area contributed by atoms with Crippen LogP contribution in [-0.2, 0) is 12.7 Å². The van der Waals surface area contributed by atoms with Gasteiger partial charge in [0.1, 0.15) is 5.01 Å². The van der Waals surface area contributed by atoms with Crippen molar-refractivity contribution in [1.82, 2.24) is 4.98 Å². The second kappa shape index (κ2) is 6.13. The molecule has 0 fully saturated rings. The fraction of sp³-hybridized carbons (Fsp3) is 0.176. The van der Waals surface area contributed by atoms with Crippen LogP contribution in [0.1, 0.15) is 16.1 Å². The largest absolute Gasteiger partial charge is 0.417 e. The van der Waals surface area contributed by atoms with Crippen LogP contribution >= 0.6 is 11.3 Å². The maximum absolute atomic E-state index is 13.1. The minimum absolute atomic E-state index is 0.375. The smallest absolute Gasteiger partial charge is 0.368 e. The normalized spacial score (nSPS) is 11.5. The van der Waals surface area contributed by atoms with E-state index in [1.807, 2.05) is 24.3 Å². The Morgan fingerprint density at radius 1 is 1.21 bits per heavy atom. The molecule has 1 aromatic heterocycles. The summed E-state index contributed by atoms with van der Waals surface area (Å²) in [5, 5.41) is 9.67. The molecule has 0 amide bonds. The van der Waals surface area contributed by atoms with Gasteiger partial charge in [0.05, 0.1) is 34.0 Å². The standard InChI is InChI=1S/C17H12F3N3S/c1-23(10-16-22-14-4-2-3-5-15(14)24-16)12-7-6-11(9-21)13(8-12)17(18,19)20/h2-8H,10H2,1H3. The highest BCUT2D eigenvalue weighted by molar-refractivity contribution is 7.18. The average molecular weight is 347 g/mol. The fourth-order valence-electron chi connectivity index (χ4n) is 2.38. The number of rotatable bonds is 3. The van der Waals surface area contributed by atoms with Gasteiger partial charge in [-0.25, -0.2) is 4.98 Å². The molecular formula is C17H12F3N3S. The number of benzene rings is 2. The van der Waals surface area contributed by atoms with E-state index in [1.165, 1.54) is 23.5 Å². The van der Waals surface area contributed by atoms with Crippen molar-refractivity contribution in [1.29, 1.82) is 5.26 Å². The molecule has 3 aromatic rings. The van der Waals surface area contributed by atoms with Crippen LogP contribution in [0.25, 0.3) is 10.2 Å². The third kappa shape index (κ3) is 3.19. The van der Waals surface area contributed by atoms with E-state index in [0.29, 0.717) is 12.2 Å². The molecule has 0 atom stereocenters. The van der Waals surface area contributed by atoms with Gasteiger partial charge in [-0.1, -0.05) is 12.1 Å². The van der Waals surface area contributed by atoms with Crippen LogP contribution in [0, 0.1) is 11.3 Å². The average Bonchev–Trinajstić information content (AvgIpc) is 2.95. The van der Waals surface area contributed by atoms with Crippen LogP contribution in [0.15, 0.2) is 42.5 Å². The summed E-state index contributed by atoms with van der Waals surface area (Å²) in [6, 6.07) is 13.0. The lowest BCUT2D eigenvalue weighted by Gasteiger charge is -2.20. The van der Waals surface area contributed by atoms with Gasteiger partial charge in [-0.05, 0) is 30.3 Å². The molecule has 0 aliphatic heterocycles. The van der Waals surface area contributed by atoms with E-state index in [9.17, 15) is 13.2 Å². The molecule has 0 aliphatic carbocycles. The van der Waals surface area contributed by atoms with Crippen LogP contribution in [0.4, 0.5) is 18.9 Å². The Morgan fingerprint density at radius 3 is 2.62 bits per heavy atom. The number of nitriles is 1. The number of hydrogen-bond acceptors (Lipinski definition) is 4. The van der Waals surface area contributed by atoms with Gasteiger partial charge in [-0.3, -0.25) is 0 Å². The molecule has 0 spiro atoms. The van der Waals surface area contributed by atoms with Crippen molar-refractivity contribution in [3.05, 3.63) is 58.6 Å². The summed E-state index contributed by atoms with van der Waals surface area (Å²) in [4.78, 5) is 6.17. The summed E-state index contributed by atoms with van der Waals surface area (Å²) in [5.41, 5.74) is -0.0272. The van der Waals surface area contributed by atoms with Crippen LogP contribution in [0.2, 0.25) is 0 Å². The predicted molar refractivity (Wildman–Crippen MR) is 87.9 cm³/mol. The van der Waals surface area contributed by atoms with Crippen molar-refractivity contribution in [2.45, 2.75) is 12.7 Å². The molecule has 122 valence electrons. The van der Waals surface area contributed by atoms with Crippen molar-refractivity contribution in [2.24, 2.45) is 0 Å². The molecule has 0 bridgehead atoms. The van der Waals surface area contributed by atoms with Gasteiger partial charge >= 0.3 is 6.18 Å². The van der Waals surface area contributed by atoms with Crippen molar-refractivity contribution in [2.75, 3.05) is 11.9 Å². The van der Waals surface area contributed by atoms with Crippen LogP contribution < -0.4 is 4.90 Å². The zero-order valence-corrected chi connectivity index (χ0v) is 13.4. The van der Waals surface area contributed by atoms with Crippen molar-refractivity contribution < 1.29 is 13.2 Å². The molecule has 3 nitrogen and oxygen atoms in total. The summed E-state index contributed by atoms with van der Waals surface area (Å²) >= 11 is 1.51. The van der Waals surface area contributed by atoms with Gasteiger partial charge in [0.15, 0.2) is 0 Å². The molecule has 3 rings (SSSR count).